The number of amides is 2. The van der Waals surface area contributed by atoms with E-state index in [-0.39, 0.29) is 30.1 Å². The minimum absolute atomic E-state index is 0.00679. The number of carbonyl (C=O) groups excluding carboxylic acids is 3. The summed E-state index contributed by atoms with van der Waals surface area (Å²) in [6.07, 6.45) is 9.22. The van der Waals surface area contributed by atoms with Crippen molar-refractivity contribution in [3.63, 3.8) is 0 Å². The fourth-order valence-corrected chi connectivity index (χ4v) is 6.10. The third kappa shape index (κ3) is 12.8. The van der Waals surface area contributed by atoms with Gasteiger partial charge in [-0.15, -0.1) is 23.1 Å². The van der Waals surface area contributed by atoms with Crippen LogP contribution in [-0.4, -0.2) is 57.2 Å². The molecule has 2 amide bonds. The molecule has 0 aliphatic carbocycles. The molecule has 2 aromatic rings. The number of nitrogens with one attached hydrogen (secondary N) is 2. The van der Waals surface area contributed by atoms with Gasteiger partial charge < -0.3 is 10.6 Å². The SMILES string of the molecule is CSC(=N[C@H](C)C(=O)NCC(C)=O)c1csc(CNC(=O)C[C@H](C)/C=C/CCSSc2ccccn2)n1. The Bertz CT molecular complexity index is 1080. The first-order chi connectivity index (χ1) is 17.8. The second-order valence-electron chi connectivity index (χ2n) is 8.11. The Balaban J connectivity index is 1.72. The molecule has 0 saturated carbocycles. The lowest BCUT2D eigenvalue weighted by Crippen LogP contribution is -2.35. The minimum atomic E-state index is -0.639. The number of hydrogen-bond acceptors (Lipinski definition) is 10. The molecule has 0 aliphatic rings. The van der Waals surface area contributed by atoms with E-state index in [1.807, 2.05) is 36.8 Å². The van der Waals surface area contributed by atoms with Gasteiger partial charge in [0.05, 0.1) is 13.1 Å². The molecule has 2 atom stereocenters. The molecule has 0 bridgehead atoms. The van der Waals surface area contributed by atoms with Gasteiger partial charge in [-0.1, -0.05) is 35.9 Å². The summed E-state index contributed by atoms with van der Waals surface area (Å²) in [4.78, 5) is 48.8. The fourth-order valence-electron chi connectivity index (χ4n) is 2.86. The molecule has 0 unspecified atom stereocenters. The second-order valence-corrected chi connectivity index (χ2v) is 12.3. The van der Waals surface area contributed by atoms with E-state index in [1.54, 1.807) is 34.7 Å². The minimum Gasteiger partial charge on any atom is -0.350 e. The first kappa shape index (κ1) is 31.1. The average Bonchev–Trinajstić information content (AvgIpc) is 3.36. The van der Waals surface area contributed by atoms with Crippen LogP contribution in [-0.2, 0) is 20.9 Å². The number of pyridine rings is 1. The van der Waals surface area contributed by atoms with Crippen LogP contribution in [0.1, 0.15) is 44.3 Å². The van der Waals surface area contributed by atoms with Gasteiger partial charge in [-0.2, -0.15) is 0 Å². The van der Waals surface area contributed by atoms with Crippen molar-refractivity contribution in [1.29, 1.82) is 0 Å². The normalized spacial score (nSPS) is 13.4. The highest BCUT2D eigenvalue weighted by Crippen LogP contribution is 2.29. The lowest BCUT2D eigenvalue weighted by atomic mass is 10.1. The quantitative estimate of drug-likeness (QED) is 0.102. The number of aliphatic imine (C=N–C) groups is 1. The van der Waals surface area contributed by atoms with E-state index in [9.17, 15) is 14.4 Å². The van der Waals surface area contributed by atoms with Crippen LogP contribution in [0.25, 0.3) is 0 Å². The van der Waals surface area contributed by atoms with Crippen molar-refractivity contribution in [2.24, 2.45) is 10.9 Å². The van der Waals surface area contributed by atoms with Crippen molar-refractivity contribution < 1.29 is 14.4 Å². The van der Waals surface area contributed by atoms with Crippen LogP contribution in [0.2, 0.25) is 0 Å². The number of rotatable bonds is 15. The van der Waals surface area contributed by atoms with E-state index in [0.29, 0.717) is 23.7 Å². The third-order valence-corrected chi connectivity index (χ3v) is 8.57. The molecule has 0 aromatic carbocycles. The first-order valence-electron chi connectivity index (χ1n) is 11.8. The van der Waals surface area contributed by atoms with Crippen LogP contribution in [0.4, 0.5) is 0 Å². The topological polar surface area (TPSA) is 113 Å². The van der Waals surface area contributed by atoms with Crippen molar-refractivity contribution in [1.82, 2.24) is 20.6 Å². The van der Waals surface area contributed by atoms with Gasteiger partial charge in [0.1, 0.15) is 32.6 Å². The van der Waals surface area contributed by atoms with Gasteiger partial charge in [-0.3, -0.25) is 19.4 Å². The zero-order chi connectivity index (χ0) is 27.0. The number of ketones is 1. The van der Waals surface area contributed by atoms with Crippen LogP contribution in [0.5, 0.6) is 0 Å². The number of aromatic nitrogens is 2. The van der Waals surface area contributed by atoms with Crippen molar-refractivity contribution in [3.05, 3.63) is 52.6 Å². The largest absolute Gasteiger partial charge is 0.350 e. The van der Waals surface area contributed by atoms with Gasteiger partial charge >= 0.3 is 0 Å². The van der Waals surface area contributed by atoms with E-state index in [2.05, 4.69) is 37.7 Å². The van der Waals surface area contributed by atoms with E-state index in [0.717, 1.165) is 22.2 Å². The zero-order valence-electron chi connectivity index (χ0n) is 21.4. The smallest absolute Gasteiger partial charge is 0.244 e. The number of allylic oxidation sites excluding steroid dienone is 2. The van der Waals surface area contributed by atoms with E-state index >= 15 is 0 Å². The summed E-state index contributed by atoms with van der Waals surface area (Å²) < 4.78 is 0. The Kier molecular flexibility index (Phi) is 14.6. The number of carbonyl (C=O) groups is 3. The molecule has 0 aliphatic heterocycles. The number of thioether (sulfide) groups is 1. The molecular weight excluding hydrogens is 547 g/mol. The van der Waals surface area contributed by atoms with Gasteiger partial charge in [0.25, 0.3) is 0 Å². The highest BCUT2D eigenvalue weighted by Gasteiger charge is 2.16. The number of Topliss-reactive ketones (excluding diaryl/α,β-unsaturated/α-hetero) is 1. The van der Waals surface area contributed by atoms with Gasteiger partial charge in [0, 0.05) is 23.8 Å². The molecule has 2 N–H and O–H groups in total. The summed E-state index contributed by atoms with van der Waals surface area (Å²) in [6.45, 7) is 5.46. The summed E-state index contributed by atoms with van der Waals surface area (Å²) in [5, 5.41) is 9.78. The molecule has 2 rings (SSSR count). The molecule has 37 heavy (non-hydrogen) atoms. The Morgan fingerprint density at radius 2 is 2.03 bits per heavy atom. The van der Waals surface area contributed by atoms with Crippen LogP contribution >= 0.6 is 44.7 Å². The third-order valence-electron chi connectivity index (χ3n) is 4.72. The number of hydrogen-bond donors (Lipinski definition) is 2. The molecular formula is C25H33N5O3S4. The highest BCUT2D eigenvalue weighted by atomic mass is 33.1. The lowest BCUT2D eigenvalue weighted by Gasteiger charge is -2.09. The van der Waals surface area contributed by atoms with Gasteiger partial charge in [-0.05, 0) is 55.4 Å². The summed E-state index contributed by atoms with van der Waals surface area (Å²) in [6, 6.07) is 5.25. The van der Waals surface area contributed by atoms with E-state index in [1.165, 1.54) is 30.0 Å². The monoisotopic (exact) mass is 579 g/mol. The Morgan fingerprint density at radius 3 is 2.73 bits per heavy atom. The zero-order valence-corrected chi connectivity index (χ0v) is 24.7. The first-order valence-corrected chi connectivity index (χ1v) is 16.2. The molecule has 0 saturated heterocycles. The maximum absolute atomic E-state index is 12.4. The molecule has 0 spiro atoms. The molecule has 2 heterocycles. The predicted octanol–water partition coefficient (Wildman–Crippen LogP) is 4.77. The van der Waals surface area contributed by atoms with Crippen molar-refractivity contribution in [3.8, 4) is 0 Å². The van der Waals surface area contributed by atoms with Crippen molar-refractivity contribution >= 4 is 67.3 Å². The van der Waals surface area contributed by atoms with E-state index < -0.39 is 6.04 Å². The molecule has 200 valence electrons. The maximum atomic E-state index is 12.4. The van der Waals surface area contributed by atoms with Crippen LogP contribution < -0.4 is 10.6 Å². The van der Waals surface area contributed by atoms with Crippen LogP contribution in [0.3, 0.4) is 0 Å². The van der Waals surface area contributed by atoms with Crippen LogP contribution in [0, 0.1) is 5.92 Å². The molecule has 0 radical (unpaired) electrons. The standard InChI is InChI=1S/C25H33N5O3S4/c1-17(9-6-8-12-36-37-22-10-5-7-11-26-22)13-21(32)27-15-23-30-20(16-35-23)25(34-4)29-19(3)24(33)28-14-18(2)31/h5-7,9-11,16-17,19H,8,12-15H2,1-4H3,(H,27,32)(H,28,33)/b9-6+,29-25?/t17-,19-/m1/s1. The number of nitrogens with zero attached hydrogens (tertiary/aromatic N) is 3. The fraction of sp³-hybridized carbons (Fsp3) is 0.440. The summed E-state index contributed by atoms with van der Waals surface area (Å²) in [5.74, 6) is 0.674. The van der Waals surface area contributed by atoms with Gasteiger partial charge in [0.2, 0.25) is 11.8 Å². The Morgan fingerprint density at radius 1 is 1.22 bits per heavy atom. The Hall–Kier alpha value is -2.15. The van der Waals surface area contributed by atoms with Gasteiger partial charge in [0.15, 0.2) is 0 Å². The molecule has 0 fully saturated rings. The summed E-state index contributed by atoms with van der Waals surface area (Å²) in [7, 11) is 3.44. The Labute approximate surface area is 234 Å². The summed E-state index contributed by atoms with van der Waals surface area (Å²) in [5.41, 5.74) is 0.670. The van der Waals surface area contributed by atoms with Crippen molar-refractivity contribution in [2.75, 3.05) is 18.6 Å². The van der Waals surface area contributed by atoms with E-state index in [4.69, 9.17) is 0 Å². The summed E-state index contributed by atoms with van der Waals surface area (Å²) >= 11 is 2.83. The maximum Gasteiger partial charge on any atom is 0.244 e. The molecule has 12 heteroatoms. The average molecular weight is 580 g/mol. The van der Waals surface area contributed by atoms with Gasteiger partial charge in [-0.25, -0.2) is 9.97 Å². The number of thiazole rings is 1. The van der Waals surface area contributed by atoms with Crippen LogP contribution in [0.15, 0.2) is 51.9 Å². The predicted molar refractivity (Wildman–Crippen MR) is 157 cm³/mol. The molecule has 2 aromatic heterocycles. The second kappa shape index (κ2) is 17.4. The lowest BCUT2D eigenvalue weighted by molar-refractivity contribution is -0.125. The highest BCUT2D eigenvalue weighted by molar-refractivity contribution is 8.76. The molecule has 8 nitrogen and oxygen atoms in total. The van der Waals surface area contributed by atoms with Crippen molar-refractivity contribution in [2.45, 2.75) is 51.2 Å².